The Bertz CT molecular complexity index is 832. The van der Waals surface area contributed by atoms with Gasteiger partial charge in [0.1, 0.15) is 6.54 Å². The van der Waals surface area contributed by atoms with E-state index < -0.39 is 0 Å². The van der Waals surface area contributed by atoms with Gasteiger partial charge >= 0.3 is 0 Å². The van der Waals surface area contributed by atoms with Crippen molar-refractivity contribution in [3.63, 3.8) is 0 Å². The zero-order valence-electron chi connectivity index (χ0n) is 17.2. The monoisotopic (exact) mass is 379 g/mol. The molecule has 5 nitrogen and oxygen atoms in total. The summed E-state index contributed by atoms with van der Waals surface area (Å²) in [6, 6.07) is 14.4. The number of hydrogen-bond acceptors (Lipinski definition) is 3. The van der Waals surface area contributed by atoms with Gasteiger partial charge in [-0.3, -0.25) is 9.59 Å². The zero-order valence-corrected chi connectivity index (χ0v) is 17.2. The number of carbonyl (C=O) groups is 2. The molecule has 0 bridgehead atoms. The topological polar surface area (TPSA) is 43.9 Å². The highest BCUT2D eigenvalue weighted by Crippen LogP contribution is 2.27. The van der Waals surface area contributed by atoms with E-state index in [9.17, 15) is 9.59 Å². The highest BCUT2D eigenvalue weighted by molar-refractivity contribution is 5.98. The van der Waals surface area contributed by atoms with Crippen LogP contribution in [0.15, 0.2) is 42.5 Å². The maximum atomic E-state index is 12.9. The van der Waals surface area contributed by atoms with Gasteiger partial charge in [-0.25, -0.2) is 0 Å². The lowest BCUT2D eigenvalue weighted by Gasteiger charge is -2.37. The summed E-state index contributed by atoms with van der Waals surface area (Å²) >= 11 is 0. The quantitative estimate of drug-likeness (QED) is 0.819. The van der Waals surface area contributed by atoms with Gasteiger partial charge in [0.2, 0.25) is 11.8 Å². The molecule has 0 saturated carbocycles. The normalized spacial score (nSPS) is 14.1. The van der Waals surface area contributed by atoms with Crippen LogP contribution >= 0.6 is 0 Å². The molecular formula is C23H29N3O2. The molecule has 0 N–H and O–H groups in total. The zero-order chi connectivity index (χ0) is 20.3. The molecule has 2 aromatic carbocycles. The SMILES string of the molecule is CC(=O)N(CC(=O)N1CCN(c2ccccc2)CC1)c1c(C)cc(C)cc1C. The molecule has 2 amide bonds. The smallest absolute Gasteiger partial charge is 0.242 e. The minimum atomic E-state index is -0.105. The molecule has 1 heterocycles. The van der Waals surface area contributed by atoms with E-state index in [0.29, 0.717) is 13.1 Å². The molecule has 5 heteroatoms. The lowest BCUT2D eigenvalue weighted by atomic mass is 10.0. The Balaban J connectivity index is 1.68. The van der Waals surface area contributed by atoms with Crippen LogP contribution in [-0.2, 0) is 9.59 Å². The molecular weight excluding hydrogens is 350 g/mol. The first-order chi connectivity index (χ1) is 13.4. The van der Waals surface area contributed by atoms with E-state index in [0.717, 1.165) is 35.5 Å². The van der Waals surface area contributed by atoms with Crippen LogP contribution in [0.4, 0.5) is 11.4 Å². The van der Waals surface area contributed by atoms with Crippen molar-refractivity contribution >= 4 is 23.2 Å². The third-order valence-corrected chi connectivity index (χ3v) is 5.33. The molecule has 2 aromatic rings. The van der Waals surface area contributed by atoms with Crippen molar-refractivity contribution in [2.45, 2.75) is 27.7 Å². The van der Waals surface area contributed by atoms with Crippen molar-refractivity contribution in [2.75, 3.05) is 42.5 Å². The standard InChI is InChI=1S/C23H29N3O2/c1-17-14-18(2)23(19(3)15-17)26(20(4)27)16-22(28)25-12-10-24(11-13-25)21-8-6-5-7-9-21/h5-9,14-15H,10-13,16H2,1-4H3. The van der Waals surface area contributed by atoms with Crippen LogP contribution in [0.25, 0.3) is 0 Å². The first kappa shape index (κ1) is 19.9. The minimum Gasteiger partial charge on any atom is -0.368 e. The van der Waals surface area contributed by atoms with Crippen molar-refractivity contribution in [3.8, 4) is 0 Å². The van der Waals surface area contributed by atoms with Crippen LogP contribution in [0.1, 0.15) is 23.6 Å². The van der Waals surface area contributed by atoms with Crippen molar-refractivity contribution < 1.29 is 9.59 Å². The van der Waals surface area contributed by atoms with Gasteiger partial charge < -0.3 is 14.7 Å². The van der Waals surface area contributed by atoms with E-state index in [1.807, 2.05) is 43.9 Å². The number of nitrogens with zero attached hydrogens (tertiary/aromatic N) is 3. The summed E-state index contributed by atoms with van der Waals surface area (Å²) < 4.78 is 0. The molecule has 28 heavy (non-hydrogen) atoms. The predicted octanol–water partition coefficient (Wildman–Crippen LogP) is 3.31. The van der Waals surface area contributed by atoms with Crippen LogP contribution in [0.3, 0.4) is 0 Å². The van der Waals surface area contributed by atoms with E-state index in [4.69, 9.17) is 0 Å². The Labute approximate surface area is 167 Å². The third kappa shape index (κ3) is 4.35. The second-order valence-corrected chi connectivity index (χ2v) is 7.56. The van der Waals surface area contributed by atoms with Gasteiger partial charge in [0.15, 0.2) is 0 Å². The van der Waals surface area contributed by atoms with Crippen LogP contribution in [0.5, 0.6) is 0 Å². The number of rotatable bonds is 4. The Morgan fingerprint density at radius 2 is 1.50 bits per heavy atom. The number of para-hydroxylation sites is 1. The van der Waals surface area contributed by atoms with E-state index in [1.165, 1.54) is 12.6 Å². The van der Waals surface area contributed by atoms with Gasteiger partial charge in [-0.2, -0.15) is 0 Å². The fourth-order valence-electron chi connectivity index (χ4n) is 4.03. The highest BCUT2D eigenvalue weighted by atomic mass is 16.2. The number of piperazine rings is 1. The van der Waals surface area contributed by atoms with Crippen molar-refractivity contribution in [3.05, 3.63) is 59.2 Å². The number of benzene rings is 2. The number of aryl methyl sites for hydroxylation is 3. The fourth-order valence-corrected chi connectivity index (χ4v) is 4.03. The summed E-state index contributed by atoms with van der Waals surface area (Å²) in [5.74, 6) is -0.103. The summed E-state index contributed by atoms with van der Waals surface area (Å²) in [5.41, 5.74) is 5.25. The number of carbonyl (C=O) groups excluding carboxylic acids is 2. The molecule has 0 radical (unpaired) electrons. The average Bonchev–Trinajstić information content (AvgIpc) is 2.67. The lowest BCUT2D eigenvalue weighted by molar-refractivity contribution is -0.131. The van der Waals surface area contributed by atoms with Gasteiger partial charge in [-0.1, -0.05) is 35.9 Å². The van der Waals surface area contributed by atoms with Crippen LogP contribution in [0.2, 0.25) is 0 Å². The number of hydrogen-bond donors (Lipinski definition) is 0. The van der Waals surface area contributed by atoms with Crippen molar-refractivity contribution in [1.29, 1.82) is 0 Å². The molecule has 0 unspecified atom stereocenters. The van der Waals surface area contributed by atoms with Gasteiger partial charge in [-0.15, -0.1) is 0 Å². The summed E-state index contributed by atoms with van der Waals surface area (Å²) in [4.78, 5) is 31.1. The molecule has 0 atom stereocenters. The Kier molecular flexibility index (Phi) is 6.02. The molecule has 148 valence electrons. The fraction of sp³-hybridized carbons (Fsp3) is 0.391. The molecule has 0 aliphatic carbocycles. The molecule has 1 aliphatic rings. The highest BCUT2D eigenvalue weighted by Gasteiger charge is 2.25. The summed E-state index contributed by atoms with van der Waals surface area (Å²) in [5, 5.41) is 0. The summed E-state index contributed by atoms with van der Waals surface area (Å²) in [6.45, 7) is 10.6. The van der Waals surface area contributed by atoms with E-state index in [1.54, 1.807) is 4.90 Å². The summed E-state index contributed by atoms with van der Waals surface area (Å²) in [6.07, 6.45) is 0. The predicted molar refractivity (Wildman–Crippen MR) is 114 cm³/mol. The molecule has 3 rings (SSSR count). The van der Waals surface area contributed by atoms with E-state index in [2.05, 4.69) is 29.2 Å². The molecule has 1 aliphatic heterocycles. The van der Waals surface area contributed by atoms with Gasteiger partial charge in [-0.05, 0) is 44.0 Å². The van der Waals surface area contributed by atoms with Crippen molar-refractivity contribution in [2.24, 2.45) is 0 Å². The number of amides is 2. The van der Waals surface area contributed by atoms with Gasteiger partial charge in [0, 0.05) is 38.8 Å². The second kappa shape index (κ2) is 8.46. The molecule has 1 fully saturated rings. The Morgan fingerprint density at radius 3 is 2.04 bits per heavy atom. The van der Waals surface area contributed by atoms with Crippen molar-refractivity contribution in [1.82, 2.24) is 4.90 Å². The minimum absolute atomic E-state index is 0.00212. The van der Waals surface area contributed by atoms with Gasteiger partial charge in [0.05, 0.1) is 5.69 Å². The molecule has 1 saturated heterocycles. The molecule has 0 spiro atoms. The van der Waals surface area contributed by atoms with Gasteiger partial charge in [0.25, 0.3) is 0 Å². The lowest BCUT2D eigenvalue weighted by Crippen LogP contribution is -2.52. The average molecular weight is 380 g/mol. The maximum Gasteiger partial charge on any atom is 0.242 e. The largest absolute Gasteiger partial charge is 0.368 e. The van der Waals surface area contributed by atoms with E-state index >= 15 is 0 Å². The third-order valence-electron chi connectivity index (χ3n) is 5.33. The van der Waals surface area contributed by atoms with Crippen LogP contribution in [-0.4, -0.2) is 49.4 Å². The maximum absolute atomic E-state index is 12.9. The van der Waals surface area contributed by atoms with Crippen LogP contribution < -0.4 is 9.80 Å². The van der Waals surface area contributed by atoms with Crippen LogP contribution in [0, 0.1) is 20.8 Å². The second-order valence-electron chi connectivity index (χ2n) is 7.56. The first-order valence-corrected chi connectivity index (χ1v) is 9.80. The number of anilines is 2. The summed E-state index contributed by atoms with van der Waals surface area (Å²) in [7, 11) is 0. The van der Waals surface area contributed by atoms with E-state index in [-0.39, 0.29) is 18.4 Å². The Morgan fingerprint density at radius 1 is 0.929 bits per heavy atom. The Hall–Kier alpha value is -2.82. The molecule has 0 aromatic heterocycles. The first-order valence-electron chi connectivity index (χ1n) is 9.80.